The number of nitrogens with zero attached hydrogens (tertiary/aromatic N) is 2. The van der Waals surface area contributed by atoms with Gasteiger partial charge in [-0.25, -0.2) is 13.6 Å². The van der Waals surface area contributed by atoms with Crippen molar-refractivity contribution in [3.63, 3.8) is 0 Å². The number of amides is 4. The standard InChI is InChI=1S/C26H28F2N4O4/c1-26(2,36)15-29-23(33)24(34)31-9-7-17(8-10-31)16-3-5-20(6-4-16)30-25(35)32-13-18-11-19(27)12-22(28)21(18)14-32/h3-7,11-12,36H,8-10,13-15H2,1-2H3,(H,29,33)(H,30,35). The van der Waals surface area contributed by atoms with E-state index in [9.17, 15) is 28.3 Å². The number of benzene rings is 2. The first-order valence-electron chi connectivity index (χ1n) is 11.6. The second kappa shape index (κ2) is 10.1. The third kappa shape index (κ3) is 5.88. The maximum atomic E-state index is 14.0. The van der Waals surface area contributed by atoms with Crippen LogP contribution in [0, 0.1) is 11.6 Å². The first-order chi connectivity index (χ1) is 17.0. The van der Waals surface area contributed by atoms with Crippen molar-refractivity contribution in [3.05, 3.63) is 70.8 Å². The van der Waals surface area contributed by atoms with Crippen LogP contribution >= 0.6 is 0 Å². The Bertz CT molecular complexity index is 1220. The van der Waals surface area contributed by atoms with Crippen molar-refractivity contribution in [2.75, 3.05) is 25.0 Å². The van der Waals surface area contributed by atoms with Gasteiger partial charge in [-0.3, -0.25) is 9.59 Å². The highest BCUT2D eigenvalue weighted by atomic mass is 19.1. The van der Waals surface area contributed by atoms with Crippen molar-refractivity contribution in [1.29, 1.82) is 0 Å². The van der Waals surface area contributed by atoms with E-state index in [0.29, 0.717) is 29.8 Å². The van der Waals surface area contributed by atoms with Crippen molar-refractivity contribution in [3.8, 4) is 0 Å². The molecule has 8 nitrogen and oxygen atoms in total. The van der Waals surface area contributed by atoms with Gasteiger partial charge in [0, 0.05) is 43.5 Å². The van der Waals surface area contributed by atoms with Crippen molar-refractivity contribution >= 4 is 29.1 Å². The zero-order chi connectivity index (χ0) is 26.0. The van der Waals surface area contributed by atoms with Gasteiger partial charge in [0.05, 0.1) is 12.1 Å². The van der Waals surface area contributed by atoms with Gasteiger partial charge >= 0.3 is 17.8 Å². The zero-order valence-electron chi connectivity index (χ0n) is 20.1. The Kier molecular flexibility index (Phi) is 7.07. The molecule has 0 aromatic heterocycles. The van der Waals surface area contributed by atoms with Crippen molar-refractivity contribution in [2.24, 2.45) is 0 Å². The van der Waals surface area contributed by atoms with Gasteiger partial charge in [-0.2, -0.15) is 0 Å². The number of hydrogen-bond donors (Lipinski definition) is 3. The fourth-order valence-electron chi connectivity index (χ4n) is 4.17. The molecule has 0 spiro atoms. The molecule has 10 heteroatoms. The normalized spacial score (nSPS) is 15.3. The van der Waals surface area contributed by atoms with Gasteiger partial charge in [-0.15, -0.1) is 0 Å². The molecule has 4 rings (SSSR count). The molecule has 0 saturated heterocycles. The van der Waals surface area contributed by atoms with Crippen molar-refractivity contribution in [1.82, 2.24) is 15.1 Å². The third-order valence-corrected chi connectivity index (χ3v) is 6.13. The number of nitrogens with one attached hydrogen (secondary N) is 2. The van der Waals surface area contributed by atoms with E-state index in [0.717, 1.165) is 17.2 Å². The Balaban J connectivity index is 1.31. The van der Waals surface area contributed by atoms with Crippen LogP contribution in [0.3, 0.4) is 0 Å². The van der Waals surface area contributed by atoms with E-state index in [1.165, 1.54) is 15.9 Å². The molecule has 190 valence electrons. The number of halogens is 2. The topological polar surface area (TPSA) is 102 Å². The van der Waals surface area contributed by atoms with Crippen molar-refractivity contribution in [2.45, 2.75) is 39.0 Å². The summed E-state index contributed by atoms with van der Waals surface area (Å²) in [5.41, 5.74) is 2.19. The minimum atomic E-state index is -1.10. The van der Waals surface area contributed by atoms with Crippen LogP contribution in [-0.4, -0.2) is 58.0 Å². The summed E-state index contributed by atoms with van der Waals surface area (Å²) in [6.07, 6.45) is 2.44. The number of carbonyl (C=O) groups is 3. The van der Waals surface area contributed by atoms with E-state index in [1.54, 1.807) is 26.0 Å². The maximum absolute atomic E-state index is 14.0. The van der Waals surface area contributed by atoms with E-state index < -0.39 is 35.1 Å². The molecule has 3 N–H and O–H groups in total. The monoisotopic (exact) mass is 498 g/mol. The Morgan fingerprint density at radius 1 is 1.06 bits per heavy atom. The lowest BCUT2D eigenvalue weighted by atomic mass is 9.99. The lowest BCUT2D eigenvalue weighted by molar-refractivity contribution is -0.146. The first-order valence-corrected chi connectivity index (χ1v) is 11.6. The van der Waals surface area contributed by atoms with Gasteiger partial charge < -0.3 is 25.5 Å². The number of anilines is 1. The number of rotatable bonds is 4. The molecule has 2 aliphatic heterocycles. The molecule has 0 aliphatic carbocycles. The third-order valence-electron chi connectivity index (χ3n) is 6.13. The molecule has 2 aromatic rings. The average molecular weight is 499 g/mol. The van der Waals surface area contributed by atoms with Gasteiger partial charge in [-0.1, -0.05) is 18.2 Å². The fourth-order valence-corrected chi connectivity index (χ4v) is 4.17. The Hall–Kier alpha value is -3.79. The van der Waals surface area contributed by atoms with Crippen LogP contribution in [0.5, 0.6) is 0 Å². The largest absolute Gasteiger partial charge is 0.389 e. The predicted octanol–water partition coefficient (Wildman–Crippen LogP) is 3.02. The number of urea groups is 1. The SMILES string of the molecule is CC(C)(O)CNC(=O)C(=O)N1CC=C(c2ccc(NC(=O)N3Cc4cc(F)cc(F)c4C3)cc2)CC1. The Morgan fingerprint density at radius 3 is 2.42 bits per heavy atom. The molecule has 4 amide bonds. The second-order valence-corrected chi connectivity index (χ2v) is 9.61. The van der Waals surface area contributed by atoms with Crippen LogP contribution in [0.2, 0.25) is 0 Å². The van der Waals surface area contributed by atoms with Gasteiger partial charge in [0.1, 0.15) is 11.6 Å². The van der Waals surface area contributed by atoms with E-state index in [-0.39, 0.29) is 26.2 Å². The van der Waals surface area contributed by atoms with Gasteiger partial charge in [0.2, 0.25) is 0 Å². The number of fused-ring (bicyclic) bond motifs is 1. The van der Waals surface area contributed by atoms with Gasteiger partial charge in [-0.05, 0) is 55.2 Å². The molecule has 0 atom stereocenters. The summed E-state index contributed by atoms with van der Waals surface area (Å²) in [4.78, 5) is 39.9. The lowest BCUT2D eigenvalue weighted by Gasteiger charge is -2.27. The van der Waals surface area contributed by atoms with Gasteiger partial charge in [0.15, 0.2) is 0 Å². The fraction of sp³-hybridized carbons (Fsp3) is 0.346. The van der Waals surface area contributed by atoms with Crippen LogP contribution in [-0.2, 0) is 22.7 Å². The summed E-state index contributed by atoms with van der Waals surface area (Å²) in [6.45, 7) is 3.93. The predicted molar refractivity (Wildman–Crippen MR) is 130 cm³/mol. The van der Waals surface area contributed by atoms with E-state index in [4.69, 9.17) is 0 Å². The van der Waals surface area contributed by atoms with Crippen LogP contribution in [0.15, 0.2) is 42.5 Å². The second-order valence-electron chi connectivity index (χ2n) is 9.61. The molecule has 0 radical (unpaired) electrons. The smallest absolute Gasteiger partial charge is 0.322 e. The highest BCUT2D eigenvalue weighted by Crippen LogP contribution is 2.28. The van der Waals surface area contributed by atoms with E-state index in [1.807, 2.05) is 18.2 Å². The number of hydrogen-bond acceptors (Lipinski definition) is 4. The molecular formula is C26H28F2N4O4. The summed E-state index contributed by atoms with van der Waals surface area (Å²) < 4.78 is 27.4. The minimum Gasteiger partial charge on any atom is -0.389 e. The molecule has 0 fully saturated rings. The zero-order valence-corrected chi connectivity index (χ0v) is 20.1. The first kappa shape index (κ1) is 25.3. The number of carbonyl (C=O) groups excluding carboxylic acids is 3. The van der Waals surface area contributed by atoms with Crippen LogP contribution < -0.4 is 10.6 Å². The quantitative estimate of drug-likeness (QED) is 0.564. The summed E-state index contributed by atoms with van der Waals surface area (Å²) >= 11 is 0. The molecule has 36 heavy (non-hydrogen) atoms. The van der Waals surface area contributed by atoms with Gasteiger partial charge in [0.25, 0.3) is 0 Å². The summed E-state index contributed by atoms with van der Waals surface area (Å²) in [5.74, 6) is -2.70. The van der Waals surface area contributed by atoms with Crippen LogP contribution in [0.4, 0.5) is 19.3 Å². The summed E-state index contributed by atoms with van der Waals surface area (Å²) in [5, 5.41) is 14.9. The average Bonchev–Trinajstić information content (AvgIpc) is 3.27. The molecule has 0 unspecified atom stereocenters. The minimum absolute atomic E-state index is 0.0183. The van der Waals surface area contributed by atoms with Crippen LogP contribution in [0.25, 0.3) is 5.57 Å². The molecular weight excluding hydrogens is 470 g/mol. The van der Waals surface area contributed by atoms with E-state index >= 15 is 0 Å². The van der Waals surface area contributed by atoms with Crippen LogP contribution in [0.1, 0.15) is 37.0 Å². The lowest BCUT2D eigenvalue weighted by Crippen LogP contribution is -2.48. The number of aliphatic hydroxyl groups is 1. The molecule has 2 aliphatic rings. The molecule has 2 heterocycles. The molecule has 2 aromatic carbocycles. The molecule has 0 bridgehead atoms. The summed E-state index contributed by atoms with van der Waals surface area (Å²) in [7, 11) is 0. The summed E-state index contributed by atoms with van der Waals surface area (Å²) in [6, 6.07) is 8.85. The molecule has 0 saturated carbocycles. The van der Waals surface area contributed by atoms with Crippen molar-refractivity contribution < 1.29 is 28.3 Å². The Labute approximate surface area is 207 Å². The highest BCUT2D eigenvalue weighted by molar-refractivity contribution is 6.35. The highest BCUT2D eigenvalue weighted by Gasteiger charge is 2.27. The Morgan fingerprint density at radius 2 is 1.78 bits per heavy atom. The van der Waals surface area contributed by atoms with E-state index in [2.05, 4.69) is 10.6 Å². The maximum Gasteiger partial charge on any atom is 0.322 e.